The Kier molecular flexibility index (Phi) is 3.72. The summed E-state index contributed by atoms with van der Waals surface area (Å²) in [6, 6.07) is 0. The van der Waals surface area contributed by atoms with Crippen LogP contribution in [0.5, 0.6) is 0 Å². The van der Waals surface area contributed by atoms with E-state index in [1.165, 1.54) is 0 Å². The molecule has 4 aliphatic rings. The van der Waals surface area contributed by atoms with Gasteiger partial charge >= 0.3 is 0 Å². The van der Waals surface area contributed by atoms with Gasteiger partial charge in [0.05, 0.1) is 5.60 Å². The lowest BCUT2D eigenvalue weighted by atomic mass is 9.46. The molecule has 5 nitrogen and oxygen atoms in total. The molecular weight excluding hydrogens is 332 g/mol. The number of aliphatic hydroxyl groups is 2. The van der Waals surface area contributed by atoms with Crippen LogP contribution >= 0.6 is 0 Å². The third kappa shape index (κ3) is 2.02. The van der Waals surface area contributed by atoms with E-state index in [1.807, 2.05) is 13.8 Å². The molecule has 0 saturated heterocycles. The SMILES string of the molecule is CC(=O)[C@H]1CC[C@@]2(O)C3=CC(=O)[C@@H]4C[C@@H](O)C(=O)C[C@]4(C)[C@H]3CC[C@]12C. The van der Waals surface area contributed by atoms with Crippen molar-refractivity contribution in [2.24, 2.45) is 28.6 Å². The molecule has 0 heterocycles. The molecule has 0 aromatic rings. The van der Waals surface area contributed by atoms with Crippen molar-refractivity contribution < 1.29 is 24.6 Å². The maximum absolute atomic E-state index is 12.9. The van der Waals surface area contributed by atoms with Crippen molar-refractivity contribution in [1.29, 1.82) is 0 Å². The van der Waals surface area contributed by atoms with Crippen LogP contribution in [0.3, 0.4) is 0 Å². The predicted octanol–water partition coefficient (Wildman–Crippen LogP) is 1.99. The third-order valence-electron chi connectivity index (χ3n) is 8.42. The second-order valence-corrected chi connectivity index (χ2v) is 9.53. The second-order valence-electron chi connectivity index (χ2n) is 9.53. The fraction of sp³-hybridized carbons (Fsp3) is 0.762. The van der Waals surface area contributed by atoms with Gasteiger partial charge in [-0.05, 0) is 62.0 Å². The minimum Gasteiger partial charge on any atom is -0.385 e. The number of hydrogen-bond acceptors (Lipinski definition) is 5. The van der Waals surface area contributed by atoms with Gasteiger partial charge in [-0.3, -0.25) is 14.4 Å². The average molecular weight is 360 g/mol. The molecule has 3 fully saturated rings. The summed E-state index contributed by atoms with van der Waals surface area (Å²) in [7, 11) is 0. The van der Waals surface area contributed by atoms with Crippen LogP contribution in [0, 0.1) is 28.6 Å². The van der Waals surface area contributed by atoms with Gasteiger partial charge in [0.15, 0.2) is 11.6 Å². The number of ketones is 3. The summed E-state index contributed by atoms with van der Waals surface area (Å²) in [6.45, 7) is 5.55. The van der Waals surface area contributed by atoms with Gasteiger partial charge in [-0.1, -0.05) is 13.8 Å². The average Bonchev–Trinajstić information content (AvgIpc) is 2.83. The zero-order chi connectivity index (χ0) is 19.1. The predicted molar refractivity (Wildman–Crippen MR) is 94.1 cm³/mol. The Morgan fingerprint density at radius 2 is 1.85 bits per heavy atom. The number of rotatable bonds is 1. The lowest BCUT2D eigenvalue weighted by Crippen LogP contribution is -2.60. The number of fused-ring (bicyclic) bond motifs is 5. The van der Waals surface area contributed by atoms with Gasteiger partial charge in [0, 0.05) is 23.7 Å². The van der Waals surface area contributed by atoms with E-state index < -0.39 is 22.5 Å². The third-order valence-corrected chi connectivity index (χ3v) is 8.42. The van der Waals surface area contributed by atoms with Crippen LogP contribution < -0.4 is 0 Å². The van der Waals surface area contributed by atoms with E-state index in [2.05, 4.69) is 0 Å². The quantitative estimate of drug-likeness (QED) is 0.746. The summed E-state index contributed by atoms with van der Waals surface area (Å²) >= 11 is 0. The summed E-state index contributed by atoms with van der Waals surface area (Å²) in [6.07, 6.45) is 3.49. The molecule has 4 rings (SSSR count). The first kappa shape index (κ1) is 18.1. The van der Waals surface area contributed by atoms with E-state index in [4.69, 9.17) is 0 Å². The van der Waals surface area contributed by atoms with E-state index in [0.29, 0.717) is 19.3 Å². The van der Waals surface area contributed by atoms with Gasteiger partial charge in [-0.25, -0.2) is 0 Å². The smallest absolute Gasteiger partial charge is 0.161 e. The van der Waals surface area contributed by atoms with Crippen LogP contribution in [0.25, 0.3) is 0 Å². The lowest BCUT2D eigenvalue weighted by molar-refractivity contribution is -0.152. The largest absolute Gasteiger partial charge is 0.385 e. The Balaban J connectivity index is 1.81. The highest BCUT2D eigenvalue weighted by Crippen LogP contribution is 2.66. The zero-order valence-corrected chi connectivity index (χ0v) is 15.7. The van der Waals surface area contributed by atoms with Crippen LogP contribution in [-0.4, -0.2) is 39.3 Å². The van der Waals surface area contributed by atoms with Gasteiger partial charge in [-0.15, -0.1) is 0 Å². The minimum absolute atomic E-state index is 0.0505. The Hall–Kier alpha value is -1.33. The monoisotopic (exact) mass is 360 g/mol. The van der Waals surface area contributed by atoms with Crippen LogP contribution in [0.4, 0.5) is 0 Å². The summed E-state index contributed by atoms with van der Waals surface area (Å²) < 4.78 is 0. The van der Waals surface area contributed by atoms with Crippen molar-refractivity contribution in [3.8, 4) is 0 Å². The van der Waals surface area contributed by atoms with Crippen LogP contribution in [0.2, 0.25) is 0 Å². The molecule has 26 heavy (non-hydrogen) atoms. The summed E-state index contributed by atoms with van der Waals surface area (Å²) in [5.41, 5.74) is -1.52. The van der Waals surface area contributed by atoms with Crippen LogP contribution in [0.1, 0.15) is 59.3 Å². The topological polar surface area (TPSA) is 91.7 Å². The second kappa shape index (κ2) is 5.35. The van der Waals surface area contributed by atoms with Crippen LogP contribution in [0.15, 0.2) is 11.6 Å². The van der Waals surface area contributed by atoms with Gasteiger partial charge in [-0.2, -0.15) is 0 Å². The number of aliphatic hydroxyl groups excluding tert-OH is 1. The zero-order valence-electron chi connectivity index (χ0n) is 15.7. The van der Waals surface area contributed by atoms with E-state index in [1.54, 1.807) is 13.0 Å². The molecule has 0 radical (unpaired) electrons. The molecule has 7 atom stereocenters. The maximum Gasteiger partial charge on any atom is 0.161 e. The molecule has 2 N–H and O–H groups in total. The van der Waals surface area contributed by atoms with E-state index in [-0.39, 0.29) is 47.9 Å². The van der Waals surface area contributed by atoms with E-state index in [0.717, 1.165) is 12.0 Å². The van der Waals surface area contributed by atoms with E-state index >= 15 is 0 Å². The van der Waals surface area contributed by atoms with Gasteiger partial charge < -0.3 is 10.2 Å². The lowest BCUT2D eigenvalue weighted by Gasteiger charge is -2.58. The summed E-state index contributed by atoms with van der Waals surface area (Å²) in [5, 5.41) is 21.7. The highest BCUT2D eigenvalue weighted by Gasteiger charge is 2.67. The molecule has 0 unspecified atom stereocenters. The highest BCUT2D eigenvalue weighted by atomic mass is 16.3. The summed E-state index contributed by atoms with van der Waals surface area (Å²) in [5.74, 6) is -0.804. The molecule has 142 valence electrons. The Morgan fingerprint density at radius 1 is 1.15 bits per heavy atom. The number of carbonyl (C=O) groups is 3. The Morgan fingerprint density at radius 3 is 2.50 bits per heavy atom. The molecule has 3 saturated carbocycles. The fourth-order valence-electron chi connectivity index (χ4n) is 6.85. The van der Waals surface area contributed by atoms with Gasteiger partial charge in [0.1, 0.15) is 11.9 Å². The highest BCUT2D eigenvalue weighted by molar-refractivity contribution is 5.98. The standard InChI is InChI=1S/C21H28O5/c1-11(22)12-5-7-21(26)14-8-16(23)15-9-17(24)18(25)10-19(15,2)13(14)4-6-20(12,21)3/h8,12-13,15,17,24,26H,4-7,9-10H2,1-3H3/t12-,13+,15+,17-,19-,20-,21-/m1/s1. The van der Waals surface area contributed by atoms with Crippen molar-refractivity contribution >= 4 is 17.3 Å². The molecule has 0 spiro atoms. The van der Waals surface area contributed by atoms with Gasteiger partial charge in [0.25, 0.3) is 0 Å². The van der Waals surface area contributed by atoms with Crippen molar-refractivity contribution in [2.45, 2.75) is 71.0 Å². The first-order valence-electron chi connectivity index (χ1n) is 9.74. The first-order chi connectivity index (χ1) is 12.0. The van der Waals surface area contributed by atoms with Crippen molar-refractivity contribution in [1.82, 2.24) is 0 Å². The minimum atomic E-state index is -1.16. The molecule has 0 bridgehead atoms. The normalized spacial score (nSPS) is 50.6. The molecule has 5 heteroatoms. The van der Waals surface area contributed by atoms with Crippen LogP contribution in [-0.2, 0) is 14.4 Å². The van der Waals surface area contributed by atoms with Crippen molar-refractivity contribution in [3.63, 3.8) is 0 Å². The number of hydrogen-bond donors (Lipinski definition) is 2. The van der Waals surface area contributed by atoms with Crippen molar-refractivity contribution in [2.75, 3.05) is 0 Å². The Labute approximate surface area is 153 Å². The van der Waals surface area contributed by atoms with E-state index in [9.17, 15) is 24.6 Å². The molecular formula is C21H28O5. The van der Waals surface area contributed by atoms with Crippen molar-refractivity contribution in [3.05, 3.63) is 11.6 Å². The summed E-state index contributed by atoms with van der Waals surface area (Å²) in [4.78, 5) is 37.3. The molecule has 0 amide bonds. The maximum atomic E-state index is 12.9. The number of carbonyl (C=O) groups excluding carboxylic acids is 3. The fourth-order valence-corrected chi connectivity index (χ4v) is 6.85. The number of allylic oxidation sites excluding steroid dienone is 1. The van der Waals surface area contributed by atoms with Gasteiger partial charge in [0.2, 0.25) is 0 Å². The molecule has 4 aliphatic carbocycles. The number of Topliss-reactive ketones (excluding diaryl/α,β-unsaturated/α-hetero) is 2. The molecule has 0 aromatic heterocycles. The Bertz CT molecular complexity index is 739. The molecule has 0 aliphatic heterocycles. The first-order valence-corrected chi connectivity index (χ1v) is 9.74. The molecule has 0 aromatic carbocycles.